The second kappa shape index (κ2) is 5.76. The van der Waals surface area contributed by atoms with Gasteiger partial charge in [-0.05, 0) is 20.3 Å². The zero-order chi connectivity index (χ0) is 11.5. The highest BCUT2D eigenvalue weighted by molar-refractivity contribution is 5.85. The van der Waals surface area contributed by atoms with Crippen LogP contribution in [0.2, 0.25) is 0 Å². The van der Waals surface area contributed by atoms with Gasteiger partial charge in [0.25, 0.3) is 0 Å². The van der Waals surface area contributed by atoms with E-state index in [2.05, 4.69) is 25.9 Å². The number of hydrogen-bond donors (Lipinski definition) is 3. The molecule has 0 aliphatic heterocycles. The van der Waals surface area contributed by atoms with Crippen LogP contribution < -0.4 is 11.1 Å². The Kier molecular flexibility index (Phi) is 5.32. The van der Waals surface area contributed by atoms with Crippen LogP contribution in [0, 0.1) is 0 Å². The molecule has 1 amide bonds. The summed E-state index contributed by atoms with van der Waals surface area (Å²) in [7, 11) is 0. The van der Waals surface area contributed by atoms with E-state index in [0.29, 0.717) is 12.2 Å². The number of H-pyrrole nitrogens is 1. The number of nitrogens with two attached hydrogens (primary N) is 1. The lowest BCUT2D eigenvalue weighted by molar-refractivity contribution is -0.124. The topological polar surface area (TPSA) is 110 Å². The van der Waals surface area contributed by atoms with Crippen molar-refractivity contribution in [3.63, 3.8) is 0 Å². The number of halogens is 1. The Bertz CT molecular complexity index is 325. The summed E-state index contributed by atoms with van der Waals surface area (Å²) in [6, 6.07) is -0.504. The van der Waals surface area contributed by atoms with Crippen molar-refractivity contribution in [1.82, 2.24) is 25.9 Å². The van der Waals surface area contributed by atoms with E-state index in [1.807, 2.05) is 6.92 Å². The average Bonchev–Trinajstić information content (AvgIpc) is 2.69. The number of tetrazole rings is 1. The van der Waals surface area contributed by atoms with E-state index in [0.717, 1.165) is 0 Å². The van der Waals surface area contributed by atoms with Crippen molar-refractivity contribution in [3.05, 3.63) is 5.82 Å². The Labute approximate surface area is 100.0 Å². The molecule has 0 aromatic carbocycles. The molecule has 1 aromatic rings. The van der Waals surface area contributed by atoms with Crippen LogP contribution in [-0.2, 0) is 10.3 Å². The minimum absolute atomic E-state index is 0. The van der Waals surface area contributed by atoms with Crippen LogP contribution in [0.1, 0.15) is 33.0 Å². The largest absolute Gasteiger partial charge is 0.342 e. The maximum absolute atomic E-state index is 11.6. The molecule has 92 valence electrons. The van der Waals surface area contributed by atoms with Gasteiger partial charge < -0.3 is 11.1 Å². The molecule has 8 heteroatoms. The van der Waals surface area contributed by atoms with Gasteiger partial charge in [-0.25, -0.2) is 0 Å². The molecule has 1 aromatic heterocycles. The maximum atomic E-state index is 11.6. The van der Waals surface area contributed by atoms with E-state index < -0.39 is 11.6 Å². The van der Waals surface area contributed by atoms with Crippen LogP contribution in [-0.4, -0.2) is 32.6 Å². The van der Waals surface area contributed by atoms with E-state index in [4.69, 9.17) is 5.73 Å². The molecule has 0 bridgehead atoms. The molecule has 0 fully saturated rings. The van der Waals surface area contributed by atoms with Gasteiger partial charge >= 0.3 is 0 Å². The minimum Gasteiger partial charge on any atom is -0.342 e. The predicted octanol–water partition coefficient (Wildman–Crippen LogP) is -0.290. The van der Waals surface area contributed by atoms with Gasteiger partial charge in [0, 0.05) is 0 Å². The van der Waals surface area contributed by atoms with Crippen molar-refractivity contribution in [2.75, 3.05) is 0 Å². The average molecular weight is 249 g/mol. The van der Waals surface area contributed by atoms with Gasteiger partial charge in [0.1, 0.15) is 0 Å². The smallest absolute Gasteiger partial charge is 0.237 e. The second-order valence-electron chi connectivity index (χ2n) is 3.86. The highest BCUT2D eigenvalue weighted by atomic mass is 35.5. The number of rotatable bonds is 4. The van der Waals surface area contributed by atoms with Crippen molar-refractivity contribution >= 4 is 18.3 Å². The Balaban J connectivity index is 0.00000225. The van der Waals surface area contributed by atoms with Crippen LogP contribution in [0.25, 0.3) is 0 Å². The third kappa shape index (κ3) is 3.42. The standard InChI is InChI=1S/C8H16N6O.ClH/c1-4-5(9)6(15)10-8(2,3)7-11-13-14-12-7;/h5H,4,9H2,1-3H3,(H,10,15)(H,11,12,13,14);1H/t5-;/m0./s1. The summed E-state index contributed by atoms with van der Waals surface area (Å²) in [4.78, 5) is 11.6. The summed E-state index contributed by atoms with van der Waals surface area (Å²) in [5, 5.41) is 16.2. The summed E-state index contributed by atoms with van der Waals surface area (Å²) < 4.78 is 0. The lowest BCUT2D eigenvalue weighted by atomic mass is 10.0. The molecular formula is C8H17ClN6O. The van der Waals surface area contributed by atoms with Gasteiger partial charge in [0.05, 0.1) is 11.6 Å². The van der Waals surface area contributed by atoms with Crippen LogP contribution in [0.15, 0.2) is 0 Å². The molecule has 1 rings (SSSR count). The summed E-state index contributed by atoms with van der Waals surface area (Å²) in [6.45, 7) is 5.43. The Morgan fingerprint density at radius 1 is 1.62 bits per heavy atom. The maximum Gasteiger partial charge on any atom is 0.237 e. The van der Waals surface area contributed by atoms with Crippen molar-refractivity contribution < 1.29 is 4.79 Å². The molecule has 0 unspecified atom stereocenters. The van der Waals surface area contributed by atoms with Crippen LogP contribution in [0.5, 0.6) is 0 Å². The first kappa shape index (κ1) is 14.8. The van der Waals surface area contributed by atoms with Crippen molar-refractivity contribution in [1.29, 1.82) is 0 Å². The molecular weight excluding hydrogens is 232 g/mol. The highest BCUT2D eigenvalue weighted by Crippen LogP contribution is 2.13. The van der Waals surface area contributed by atoms with Gasteiger partial charge in [-0.2, -0.15) is 5.21 Å². The molecule has 0 saturated heterocycles. The molecule has 16 heavy (non-hydrogen) atoms. The molecule has 0 saturated carbocycles. The molecule has 0 radical (unpaired) electrons. The molecule has 1 atom stereocenters. The summed E-state index contributed by atoms with van der Waals surface area (Å²) in [5.41, 5.74) is 4.93. The zero-order valence-corrected chi connectivity index (χ0v) is 10.3. The quantitative estimate of drug-likeness (QED) is 0.678. The third-order valence-corrected chi connectivity index (χ3v) is 2.12. The molecule has 7 nitrogen and oxygen atoms in total. The van der Waals surface area contributed by atoms with E-state index in [-0.39, 0.29) is 18.3 Å². The van der Waals surface area contributed by atoms with Crippen LogP contribution in [0.3, 0.4) is 0 Å². The number of aromatic amines is 1. The first-order chi connectivity index (χ1) is 6.97. The number of hydrogen-bond acceptors (Lipinski definition) is 5. The number of carbonyl (C=O) groups is 1. The van der Waals surface area contributed by atoms with E-state index >= 15 is 0 Å². The van der Waals surface area contributed by atoms with E-state index in [9.17, 15) is 4.79 Å². The minimum atomic E-state index is -0.670. The van der Waals surface area contributed by atoms with Gasteiger partial charge in [0.15, 0.2) is 5.82 Å². The molecule has 0 aliphatic carbocycles. The number of nitrogens with one attached hydrogen (secondary N) is 2. The SMILES string of the molecule is CC[C@H](N)C(=O)NC(C)(C)c1nn[nH]n1.Cl. The van der Waals surface area contributed by atoms with Gasteiger partial charge in [0.2, 0.25) is 5.91 Å². The summed E-state index contributed by atoms with van der Waals surface area (Å²) >= 11 is 0. The summed E-state index contributed by atoms with van der Waals surface area (Å²) in [6.07, 6.45) is 0.591. The number of amides is 1. The number of nitrogens with zero attached hydrogens (tertiary/aromatic N) is 3. The molecule has 4 N–H and O–H groups in total. The van der Waals surface area contributed by atoms with Crippen LogP contribution in [0.4, 0.5) is 0 Å². The Hall–Kier alpha value is -1.21. The normalized spacial score (nSPS) is 12.8. The fraction of sp³-hybridized carbons (Fsp3) is 0.750. The molecule has 0 spiro atoms. The fourth-order valence-electron chi connectivity index (χ4n) is 1.07. The van der Waals surface area contributed by atoms with Gasteiger partial charge in [-0.3, -0.25) is 4.79 Å². The number of carbonyl (C=O) groups excluding carboxylic acids is 1. The third-order valence-electron chi connectivity index (χ3n) is 2.12. The Morgan fingerprint density at radius 3 is 2.69 bits per heavy atom. The predicted molar refractivity (Wildman–Crippen MR) is 60.9 cm³/mol. The van der Waals surface area contributed by atoms with Crippen molar-refractivity contribution in [2.45, 2.75) is 38.8 Å². The lowest BCUT2D eigenvalue weighted by Gasteiger charge is -2.23. The molecule has 0 aliphatic rings. The fourth-order valence-corrected chi connectivity index (χ4v) is 1.07. The first-order valence-electron chi connectivity index (χ1n) is 4.79. The Morgan fingerprint density at radius 2 is 2.25 bits per heavy atom. The van der Waals surface area contributed by atoms with E-state index in [1.54, 1.807) is 13.8 Å². The van der Waals surface area contributed by atoms with E-state index in [1.165, 1.54) is 0 Å². The van der Waals surface area contributed by atoms with Crippen LogP contribution >= 0.6 is 12.4 Å². The summed E-state index contributed by atoms with van der Waals surface area (Å²) in [5.74, 6) is 0.214. The van der Waals surface area contributed by atoms with Crippen molar-refractivity contribution in [3.8, 4) is 0 Å². The highest BCUT2D eigenvalue weighted by Gasteiger charge is 2.28. The molecule has 1 heterocycles. The zero-order valence-electron chi connectivity index (χ0n) is 9.52. The second-order valence-corrected chi connectivity index (χ2v) is 3.86. The lowest BCUT2D eigenvalue weighted by Crippen LogP contribution is -2.49. The van der Waals surface area contributed by atoms with Gasteiger partial charge in [-0.1, -0.05) is 12.1 Å². The van der Waals surface area contributed by atoms with Gasteiger partial charge in [-0.15, -0.1) is 22.6 Å². The number of aromatic nitrogens is 4. The first-order valence-corrected chi connectivity index (χ1v) is 4.79. The monoisotopic (exact) mass is 248 g/mol. The van der Waals surface area contributed by atoms with Crippen molar-refractivity contribution in [2.24, 2.45) is 5.73 Å².